The summed E-state index contributed by atoms with van der Waals surface area (Å²) in [7, 11) is 0. The minimum Gasteiger partial charge on any atom is -0.348 e. The lowest BCUT2D eigenvalue weighted by atomic mass is 10.1. The van der Waals surface area contributed by atoms with E-state index < -0.39 is 0 Å². The van der Waals surface area contributed by atoms with Crippen LogP contribution in [0.3, 0.4) is 0 Å². The van der Waals surface area contributed by atoms with Gasteiger partial charge in [-0.2, -0.15) is 0 Å². The SMILES string of the molecule is C[C@H](NC(=O)CN1CCC(N)CC1)c1ccncc1. The topological polar surface area (TPSA) is 71.2 Å². The van der Waals surface area contributed by atoms with Gasteiger partial charge in [0.1, 0.15) is 0 Å². The second-order valence-corrected chi connectivity index (χ2v) is 5.18. The predicted molar refractivity (Wildman–Crippen MR) is 74.4 cm³/mol. The molecule has 0 spiro atoms. The summed E-state index contributed by atoms with van der Waals surface area (Å²) in [5, 5.41) is 3.02. The average Bonchev–Trinajstić information content (AvgIpc) is 2.42. The number of aromatic nitrogens is 1. The normalized spacial score (nSPS) is 19.1. The first-order chi connectivity index (χ1) is 9.15. The molecule has 1 fully saturated rings. The number of amides is 1. The number of likely N-dealkylation sites (tertiary alicyclic amines) is 1. The molecule has 2 heterocycles. The van der Waals surface area contributed by atoms with Crippen LogP contribution < -0.4 is 11.1 Å². The van der Waals surface area contributed by atoms with Gasteiger partial charge in [0.15, 0.2) is 0 Å². The van der Waals surface area contributed by atoms with Crippen LogP contribution in [0.1, 0.15) is 31.4 Å². The van der Waals surface area contributed by atoms with Crippen LogP contribution in [0.4, 0.5) is 0 Å². The standard InChI is InChI=1S/C14H22N4O/c1-11(12-2-6-16-7-3-12)17-14(19)10-18-8-4-13(15)5-9-18/h2-3,6-7,11,13H,4-5,8-10,15H2,1H3,(H,17,19)/t11-/m0/s1. The molecule has 0 bridgehead atoms. The van der Waals surface area contributed by atoms with Gasteiger partial charge in [-0.05, 0) is 37.5 Å². The second-order valence-electron chi connectivity index (χ2n) is 5.18. The smallest absolute Gasteiger partial charge is 0.234 e. The van der Waals surface area contributed by atoms with Crippen LogP contribution in [0.15, 0.2) is 24.5 Å². The molecule has 5 heteroatoms. The molecule has 104 valence electrons. The van der Waals surface area contributed by atoms with Gasteiger partial charge in [0.05, 0.1) is 12.6 Å². The molecule has 1 aliphatic rings. The van der Waals surface area contributed by atoms with Crippen LogP contribution in [0, 0.1) is 0 Å². The molecule has 1 aromatic heterocycles. The van der Waals surface area contributed by atoms with Crippen LogP contribution >= 0.6 is 0 Å². The number of hydrogen-bond acceptors (Lipinski definition) is 4. The van der Waals surface area contributed by atoms with Gasteiger partial charge in [0.2, 0.25) is 5.91 Å². The molecule has 1 aliphatic heterocycles. The van der Waals surface area contributed by atoms with Gasteiger partial charge in [-0.25, -0.2) is 0 Å². The summed E-state index contributed by atoms with van der Waals surface area (Å²) < 4.78 is 0. The highest BCUT2D eigenvalue weighted by Gasteiger charge is 2.19. The first-order valence-corrected chi connectivity index (χ1v) is 6.82. The number of pyridine rings is 1. The Labute approximate surface area is 114 Å². The summed E-state index contributed by atoms with van der Waals surface area (Å²) in [4.78, 5) is 18.1. The van der Waals surface area contributed by atoms with E-state index in [1.807, 2.05) is 19.1 Å². The average molecular weight is 262 g/mol. The highest BCUT2D eigenvalue weighted by molar-refractivity contribution is 5.78. The Balaban J connectivity index is 1.78. The van der Waals surface area contributed by atoms with E-state index in [4.69, 9.17) is 5.73 Å². The van der Waals surface area contributed by atoms with Crippen LogP contribution in [0.25, 0.3) is 0 Å². The highest BCUT2D eigenvalue weighted by atomic mass is 16.2. The van der Waals surface area contributed by atoms with Crippen molar-refractivity contribution in [3.63, 3.8) is 0 Å². The number of carbonyl (C=O) groups is 1. The number of nitrogens with one attached hydrogen (secondary N) is 1. The van der Waals surface area contributed by atoms with Crippen molar-refractivity contribution in [1.82, 2.24) is 15.2 Å². The highest BCUT2D eigenvalue weighted by Crippen LogP contribution is 2.11. The number of hydrogen-bond donors (Lipinski definition) is 2. The van der Waals surface area contributed by atoms with Crippen molar-refractivity contribution < 1.29 is 4.79 Å². The molecule has 2 rings (SSSR count). The van der Waals surface area contributed by atoms with Gasteiger partial charge in [-0.1, -0.05) is 0 Å². The summed E-state index contributed by atoms with van der Waals surface area (Å²) >= 11 is 0. The van der Waals surface area contributed by atoms with E-state index in [-0.39, 0.29) is 11.9 Å². The predicted octanol–water partition coefficient (Wildman–Crippen LogP) is 0.682. The number of nitrogens with zero attached hydrogens (tertiary/aromatic N) is 2. The summed E-state index contributed by atoms with van der Waals surface area (Å²) in [5.74, 6) is 0.0692. The first kappa shape index (κ1) is 14.0. The summed E-state index contributed by atoms with van der Waals surface area (Å²) in [5.41, 5.74) is 6.92. The number of rotatable bonds is 4. The molecule has 1 amide bonds. The maximum Gasteiger partial charge on any atom is 0.234 e. The molecule has 0 saturated carbocycles. The molecule has 0 unspecified atom stereocenters. The molecule has 1 atom stereocenters. The van der Waals surface area contributed by atoms with Gasteiger partial charge in [-0.3, -0.25) is 14.7 Å². The Bertz CT molecular complexity index is 401. The van der Waals surface area contributed by atoms with Gasteiger partial charge in [-0.15, -0.1) is 0 Å². The van der Waals surface area contributed by atoms with Crippen molar-refractivity contribution in [3.05, 3.63) is 30.1 Å². The zero-order chi connectivity index (χ0) is 13.7. The third-order valence-electron chi connectivity index (χ3n) is 3.58. The Morgan fingerprint density at radius 2 is 2.11 bits per heavy atom. The number of carbonyl (C=O) groups excluding carboxylic acids is 1. The van der Waals surface area contributed by atoms with E-state index in [1.165, 1.54) is 0 Å². The summed E-state index contributed by atoms with van der Waals surface area (Å²) in [6.07, 6.45) is 5.44. The maximum atomic E-state index is 12.0. The second kappa shape index (κ2) is 6.63. The molecule has 0 aliphatic carbocycles. The van der Waals surface area contributed by atoms with Gasteiger partial charge >= 0.3 is 0 Å². The van der Waals surface area contributed by atoms with Crippen molar-refractivity contribution in [2.24, 2.45) is 5.73 Å². The molecule has 19 heavy (non-hydrogen) atoms. The van der Waals surface area contributed by atoms with E-state index in [9.17, 15) is 4.79 Å². The first-order valence-electron chi connectivity index (χ1n) is 6.82. The van der Waals surface area contributed by atoms with Crippen molar-refractivity contribution in [2.75, 3.05) is 19.6 Å². The van der Waals surface area contributed by atoms with Crippen LogP contribution in [-0.4, -0.2) is 41.5 Å². The third kappa shape index (κ3) is 4.29. The quantitative estimate of drug-likeness (QED) is 0.837. The Kier molecular flexibility index (Phi) is 4.87. The molecule has 1 saturated heterocycles. The van der Waals surface area contributed by atoms with Gasteiger partial charge in [0.25, 0.3) is 0 Å². The van der Waals surface area contributed by atoms with E-state index in [0.29, 0.717) is 12.6 Å². The molecule has 5 nitrogen and oxygen atoms in total. The molecule has 3 N–H and O–H groups in total. The largest absolute Gasteiger partial charge is 0.348 e. The molecule has 1 aromatic rings. The van der Waals surface area contributed by atoms with E-state index in [0.717, 1.165) is 31.5 Å². The van der Waals surface area contributed by atoms with Crippen molar-refractivity contribution >= 4 is 5.91 Å². The molecular formula is C14H22N4O. The molecule has 0 aromatic carbocycles. The lowest BCUT2D eigenvalue weighted by molar-refractivity contribution is -0.123. The minimum atomic E-state index is 0.0162. The Morgan fingerprint density at radius 1 is 1.47 bits per heavy atom. The van der Waals surface area contributed by atoms with Crippen LogP contribution in [0.2, 0.25) is 0 Å². The Morgan fingerprint density at radius 3 is 2.74 bits per heavy atom. The third-order valence-corrected chi connectivity index (χ3v) is 3.58. The summed E-state index contributed by atoms with van der Waals surface area (Å²) in [6, 6.07) is 4.16. The van der Waals surface area contributed by atoms with Crippen LogP contribution in [0.5, 0.6) is 0 Å². The summed E-state index contributed by atoms with van der Waals surface area (Å²) in [6.45, 7) is 4.28. The Hall–Kier alpha value is -1.46. The van der Waals surface area contributed by atoms with E-state index in [2.05, 4.69) is 15.2 Å². The fourth-order valence-electron chi connectivity index (χ4n) is 2.34. The lowest BCUT2D eigenvalue weighted by Gasteiger charge is -2.29. The van der Waals surface area contributed by atoms with E-state index >= 15 is 0 Å². The fourth-order valence-corrected chi connectivity index (χ4v) is 2.34. The van der Waals surface area contributed by atoms with Crippen LogP contribution in [-0.2, 0) is 4.79 Å². The number of nitrogens with two attached hydrogens (primary N) is 1. The molecule has 0 radical (unpaired) electrons. The van der Waals surface area contributed by atoms with E-state index in [1.54, 1.807) is 12.4 Å². The zero-order valence-corrected chi connectivity index (χ0v) is 11.4. The van der Waals surface area contributed by atoms with Crippen molar-refractivity contribution in [2.45, 2.75) is 31.8 Å². The maximum absolute atomic E-state index is 12.0. The van der Waals surface area contributed by atoms with Gasteiger partial charge in [0, 0.05) is 31.5 Å². The lowest BCUT2D eigenvalue weighted by Crippen LogP contribution is -2.44. The fraction of sp³-hybridized carbons (Fsp3) is 0.571. The molecular weight excluding hydrogens is 240 g/mol. The number of piperidine rings is 1. The van der Waals surface area contributed by atoms with Gasteiger partial charge < -0.3 is 11.1 Å². The van der Waals surface area contributed by atoms with Crippen molar-refractivity contribution in [1.29, 1.82) is 0 Å². The monoisotopic (exact) mass is 262 g/mol. The van der Waals surface area contributed by atoms with Crippen molar-refractivity contribution in [3.8, 4) is 0 Å². The zero-order valence-electron chi connectivity index (χ0n) is 11.4. The minimum absolute atomic E-state index is 0.0162.